The first kappa shape index (κ1) is 22.5. The lowest BCUT2D eigenvalue weighted by Crippen LogP contribution is -2.42. The second kappa shape index (κ2) is 10.3. The molecule has 174 valence electrons. The first-order valence-corrected chi connectivity index (χ1v) is 11.3. The molecule has 2 amide bonds. The molecule has 1 atom stereocenters. The van der Waals surface area contributed by atoms with Gasteiger partial charge < -0.3 is 24.6 Å². The van der Waals surface area contributed by atoms with Crippen LogP contribution < -0.4 is 10.2 Å². The van der Waals surface area contributed by atoms with Gasteiger partial charge in [-0.05, 0) is 37.8 Å². The second-order valence-electron chi connectivity index (χ2n) is 8.51. The zero-order valence-electron chi connectivity index (χ0n) is 18.2. The van der Waals surface area contributed by atoms with Crippen LogP contribution in [0.4, 0.5) is 11.4 Å². The molecule has 0 unspecified atom stereocenters. The topological polar surface area (TPSA) is 114 Å². The van der Waals surface area contributed by atoms with Crippen molar-refractivity contribution >= 4 is 23.2 Å². The molecule has 0 spiro atoms. The molecule has 0 aromatic heterocycles. The normalized spacial score (nSPS) is 22.1. The summed E-state index contributed by atoms with van der Waals surface area (Å²) in [6.45, 7) is 4.32. The predicted octanol–water partition coefficient (Wildman–Crippen LogP) is 1.58. The first-order valence-electron chi connectivity index (χ1n) is 11.3. The summed E-state index contributed by atoms with van der Waals surface area (Å²) in [5.74, 6) is -0.292. The van der Waals surface area contributed by atoms with Crippen molar-refractivity contribution in [3.63, 3.8) is 0 Å². The highest BCUT2D eigenvalue weighted by Crippen LogP contribution is 2.33. The van der Waals surface area contributed by atoms with E-state index >= 15 is 0 Å². The van der Waals surface area contributed by atoms with Crippen LogP contribution >= 0.6 is 0 Å². The van der Waals surface area contributed by atoms with Gasteiger partial charge in [0, 0.05) is 56.9 Å². The molecule has 0 saturated carbocycles. The largest absolute Gasteiger partial charge is 0.378 e. The van der Waals surface area contributed by atoms with Gasteiger partial charge in [0.05, 0.1) is 24.2 Å². The number of piperidine rings is 1. The summed E-state index contributed by atoms with van der Waals surface area (Å²) >= 11 is 0. The third-order valence-corrected chi connectivity index (χ3v) is 6.45. The highest BCUT2D eigenvalue weighted by molar-refractivity contribution is 5.96. The van der Waals surface area contributed by atoms with Crippen molar-refractivity contribution in [2.75, 3.05) is 57.4 Å². The number of carbonyl (C=O) groups excluding carboxylic acids is 2. The smallest absolute Gasteiger partial charge is 0.293 e. The number of anilines is 1. The fourth-order valence-corrected chi connectivity index (χ4v) is 4.57. The van der Waals surface area contributed by atoms with Crippen molar-refractivity contribution < 1.29 is 24.0 Å². The highest BCUT2D eigenvalue weighted by Gasteiger charge is 2.30. The Kier molecular flexibility index (Phi) is 7.21. The highest BCUT2D eigenvalue weighted by atomic mass is 16.6. The summed E-state index contributed by atoms with van der Waals surface area (Å²) in [6.07, 6.45) is 3.38. The molecule has 3 saturated heterocycles. The molecule has 1 N–H and O–H groups in total. The maximum Gasteiger partial charge on any atom is 0.293 e. The van der Waals surface area contributed by atoms with Crippen LogP contribution in [0, 0.1) is 16.0 Å². The summed E-state index contributed by atoms with van der Waals surface area (Å²) < 4.78 is 10.8. The molecule has 10 heteroatoms. The fraction of sp³-hybridized carbons (Fsp3) is 0.636. The SMILES string of the molecule is O=C(NC[C@H]1CCCO1)C1CCN(c2ccc(C(=O)N3CCOCC3)cc2[N+](=O)[O-])CC1. The molecular formula is C22H30N4O6. The summed E-state index contributed by atoms with van der Waals surface area (Å²) in [7, 11) is 0. The number of nitrogens with zero attached hydrogens (tertiary/aromatic N) is 3. The minimum atomic E-state index is -0.439. The molecule has 0 radical (unpaired) electrons. The summed E-state index contributed by atoms with van der Waals surface area (Å²) in [5, 5.41) is 14.7. The van der Waals surface area contributed by atoms with E-state index in [0.29, 0.717) is 70.0 Å². The Labute approximate surface area is 187 Å². The molecule has 1 aromatic rings. The fourth-order valence-electron chi connectivity index (χ4n) is 4.57. The number of carbonyl (C=O) groups is 2. The standard InChI is InChI=1S/C22H30N4O6/c27-21(23-15-18-2-1-11-32-18)16-5-7-24(8-6-16)19-4-3-17(14-20(19)26(29)30)22(28)25-9-12-31-13-10-25/h3-4,14,16,18H,1-2,5-13,15H2,(H,23,27)/t18-/m1/s1. The van der Waals surface area contributed by atoms with Crippen LogP contribution in [-0.2, 0) is 14.3 Å². The summed E-state index contributed by atoms with van der Waals surface area (Å²) in [4.78, 5) is 40.1. The van der Waals surface area contributed by atoms with Crippen LogP contribution in [0.2, 0.25) is 0 Å². The number of ether oxygens (including phenoxy) is 2. The molecule has 3 fully saturated rings. The Hall–Kier alpha value is -2.72. The van der Waals surface area contributed by atoms with E-state index in [1.165, 1.54) is 6.07 Å². The van der Waals surface area contributed by atoms with Crippen LogP contribution in [0.25, 0.3) is 0 Å². The molecule has 0 aliphatic carbocycles. The van der Waals surface area contributed by atoms with E-state index in [9.17, 15) is 19.7 Å². The number of benzene rings is 1. The molecule has 10 nitrogen and oxygen atoms in total. The van der Waals surface area contributed by atoms with E-state index in [1.54, 1.807) is 17.0 Å². The number of hydrogen-bond donors (Lipinski definition) is 1. The maximum atomic E-state index is 12.7. The Morgan fingerprint density at radius 3 is 2.50 bits per heavy atom. The molecule has 32 heavy (non-hydrogen) atoms. The van der Waals surface area contributed by atoms with E-state index in [0.717, 1.165) is 19.4 Å². The number of nitro benzene ring substituents is 1. The van der Waals surface area contributed by atoms with Crippen molar-refractivity contribution in [1.29, 1.82) is 0 Å². The van der Waals surface area contributed by atoms with E-state index in [4.69, 9.17) is 9.47 Å². The van der Waals surface area contributed by atoms with Gasteiger partial charge in [0.15, 0.2) is 0 Å². The number of nitro groups is 1. The Morgan fingerprint density at radius 1 is 1.09 bits per heavy atom. The first-order chi connectivity index (χ1) is 15.5. The molecule has 0 bridgehead atoms. The molecule has 4 rings (SSSR count). The number of hydrogen-bond acceptors (Lipinski definition) is 7. The number of morpholine rings is 1. The van der Waals surface area contributed by atoms with E-state index in [1.807, 2.05) is 4.90 Å². The van der Waals surface area contributed by atoms with Crippen LogP contribution in [0.3, 0.4) is 0 Å². The van der Waals surface area contributed by atoms with E-state index < -0.39 is 4.92 Å². The van der Waals surface area contributed by atoms with Gasteiger partial charge in [-0.3, -0.25) is 19.7 Å². The zero-order chi connectivity index (χ0) is 22.5. The average Bonchev–Trinajstić information content (AvgIpc) is 3.36. The summed E-state index contributed by atoms with van der Waals surface area (Å²) in [5.41, 5.74) is 0.725. The van der Waals surface area contributed by atoms with Crippen molar-refractivity contribution in [3.8, 4) is 0 Å². The van der Waals surface area contributed by atoms with Crippen molar-refractivity contribution in [2.24, 2.45) is 5.92 Å². The van der Waals surface area contributed by atoms with Crippen LogP contribution in [-0.4, -0.2) is 80.3 Å². The van der Waals surface area contributed by atoms with Gasteiger partial charge in [0.1, 0.15) is 5.69 Å². The number of amides is 2. The van der Waals surface area contributed by atoms with Crippen LogP contribution in [0.15, 0.2) is 18.2 Å². The van der Waals surface area contributed by atoms with Crippen molar-refractivity contribution in [2.45, 2.75) is 31.8 Å². The van der Waals surface area contributed by atoms with Crippen LogP contribution in [0.5, 0.6) is 0 Å². The van der Waals surface area contributed by atoms with Gasteiger partial charge in [0.25, 0.3) is 11.6 Å². The van der Waals surface area contributed by atoms with E-state index in [-0.39, 0.29) is 29.5 Å². The van der Waals surface area contributed by atoms with Gasteiger partial charge in [-0.25, -0.2) is 0 Å². The van der Waals surface area contributed by atoms with Gasteiger partial charge >= 0.3 is 0 Å². The maximum absolute atomic E-state index is 12.7. The minimum Gasteiger partial charge on any atom is -0.378 e. The lowest BCUT2D eigenvalue weighted by Gasteiger charge is -2.33. The van der Waals surface area contributed by atoms with Crippen molar-refractivity contribution in [3.05, 3.63) is 33.9 Å². The Bertz CT molecular complexity index is 843. The Morgan fingerprint density at radius 2 is 1.84 bits per heavy atom. The molecule has 1 aromatic carbocycles. The second-order valence-corrected chi connectivity index (χ2v) is 8.51. The predicted molar refractivity (Wildman–Crippen MR) is 117 cm³/mol. The molecular weight excluding hydrogens is 416 g/mol. The van der Waals surface area contributed by atoms with E-state index in [2.05, 4.69) is 5.32 Å². The summed E-state index contributed by atoms with van der Waals surface area (Å²) in [6, 6.07) is 4.68. The molecule has 3 aliphatic rings. The van der Waals surface area contributed by atoms with Gasteiger partial charge in [0.2, 0.25) is 5.91 Å². The van der Waals surface area contributed by atoms with Gasteiger partial charge in [-0.1, -0.05) is 0 Å². The lowest BCUT2D eigenvalue weighted by atomic mass is 9.95. The Balaban J connectivity index is 1.37. The molecule has 3 heterocycles. The lowest BCUT2D eigenvalue weighted by molar-refractivity contribution is -0.384. The zero-order valence-corrected chi connectivity index (χ0v) is 18.2. The monoisotopic (exact) mass is 446 g/mol. The third kappa shape index (κ3) is 5.18. The van der Waals surface area contributed by atoms with Crippen LogP contribution in [0.1, 0.15) is 36.0 Å². The minimum absolute atomic E-state index is 0.0288. The molecule has 3 aliphatic heterocycles. The quantitative estimate of drug-likeness (QED) is 0.521. The van der Waals surface area contributed by atoms with Gasteiger partial charge in [-0.2, -0.15) is 0 Å². The third-order valence-electron chi connectivity index (χ3n) is 6.45. The van der Waals surface area contributed by atoms with Gasteiger partial charge in [-0.15, -0.1) is 0 Å². The average molecular weight is 447 g/mol. The number of rotatable bonds is 6. The van der Waals surface area contributed by atoms with Crippen molar-refractivity contribution in [1.82, 2.24) is 10.2 Å². The number of nitrogens with one attached hydrogen (secondary N) is 1.